The normalized spacial score (nSPS) is 31.7. The third kappa shape index (κ3) is 20.8. The number of alkyl halides is 4. The number of nitrogens with two attached hydrogens (primary N) is 1. The monoisotopic (exact) mass is 1980 g/mol. The number of aliphatic hydroxyl groups excluding tert-OH is 4. The maximum Gasteiger partial charge on any atom is 0.408 e. The Bertz CT molecular complexity index is 5970. The first-order valence-corrected chi connectivity index (χ1v) is 48.3. The van der Waals surface area contributed by atoms with Crippen LogP contribution in [-0.2, 0) is 107 Å². The molecule has 1 unspecified atom stereocenters. The lowest BCUT2D eigenvalue weighted by Crippen LogP contribution is -2.70. The molecule has 33 nitrogen and oxygen atoms in total. The number of anilines is 2. The molecule has 2 aliphatic heterocycles. The second-order valence-corrected chi connectivity index (χ2v) is 42.6. The van der Waals surface area contributed by atoms with Crippen molar-refractivity contribution in [3.63, 3.8) is 0 Å². The van der Waals surface area contributed by atoms with Crippen LogP contribution in [0.1, 0.15) is 206 Å². The highest BCUT2D eigenvalue weighted by atomic mass is 19.2. The molecule has 6 saturated carbocycles. The number of hydrogen-bond acceptors (Lipinski definition) is 25. The Balaban J connectivity index is 0.000000198. The summed E-state index contributed by atoms with van der Waals surface area (Å²) in [6, 6.07) is 25.7. The quantitative estimate of drug-likeness (QED) is 0.0153. The number of esters is 1. The van der Waals surface area contributed by atoms with E-state index in [1.165, 1.54) is 70.9 Å². The van der Waals surface area contributed by atoms with E-state index in [1.54, 1.807) is 106 Å². The fraction of sp³-hybridized carbons (Fsp3) is 0.528. The van der Waals surface area contributed by atoms with Crippen LogP contribution in [0.5, 0.6) is 0 Å². The zero-order valence-corrected chi connectivity index (χ0v) is 82.4. The summed E-state index contributed by atoms with van der Waals surface area (Å²) < 4.78 is 104. The number of aromatic nitrogens is 4. The predicted octanol–water partition coefficient (Wildman–Crippen LogP) is 10.9. The zero-order chi connectivity index (χ0) is 104. The molecule has 0 spiro atoms. The molecule has 2 saturated heterocycles. The Kier molecular flexibility index (Phi) is 30.8. The van der Waals surface area contributed by atoms with Crippen LogP contribution in [0.15, 0.2) is 170 Å². The van der Waals surface area contributed by atoms with E-state index in [4.69, 9.17) is 39.3 Å². The number of carboxylic acids is 1. The summed E-state index contributed by atoms with van der Waals surface area (Å²) in [7, 11) is 0. The standard InChI is InChI=1S/C53H63F2N5O11.C41H47F2N3O8.C12H18N2O4/c1-28(17-41(63)29(2)58-46(67)40(20-34-25-56-27-57-34)60-48(68)71-49(3,4)5)45(66)59-33-10-8-9-31(19-33)18-30-11-13-32(14-12-30)47-69-44-23-36-37-22-39(54)38-21-35(62)15-16-50(38,6)52(37,55)42(64)24-51(36,7)53(44,70-47)43(65)26-61;1-21(44)35(51)45-22(2)36(52)46-26-7-5-6-24(15-26)14-23-8-10-25(11-9-23)37-53-34-18-28-29-17-31(42)30-16-27(48)12-13-38(30,3)40(29,43)32(49)19-39(28,4)41(34,54-37)33(50)20-47;1-12(2,3)18-10(15)5-8(11(16)17)4-9-6-13-7-14-9/h8-16,19,21,25,27-29,36-37,39-40,42,44,47,61,64H,17-18,20,22-24,26H2,1-7H3,(H,56,57)(H,58,67)(H,59,66)(H,60,68);5-13,15-16,21-22,28-29,31-32,34,37,47,49H,14,17-20,44H2,1-4H3,(H,45,51)(H,46,52);6-8H,4-5H2,1-3H3,(H,13,14)(H,16,17)/t28-,29+,36+,37+,39+,40+,42+,44-,47-,50+,51+,52+,53-;21-,22-,28-,29-,31-,32-,34+,37?,38-,39-,40-,41+;8-/m101/s1. The van der Waals surface area contributed by atoms with E-state index < -0.39 is 237 Å². The van der Waals surface area contributed by atoms with Crippen LogP contribution in [0.25, 0.3) is 0 Å². The van der Waals surface area contributed by atoms with Gasteiger partial charge in [-0.15, -0.1) is 0 Å². The third-order valence-electron chi connectivity index (χ3n) is 30.7. The van der Waals surface area contributed by atoms with Crippen LogP contribution in [0.3, 0.4) is 0 Å². The van der Waals surface area contributed by atoms with Crippen LogP contribution in [0.4, 0.5) is 33.7 Å². The van der Waals surface area contributed by atoms with Gasteiger partial charge in [0, 0.05) is 105 Å². The Morgan fingerprint density at radius 1 is 0.545 bits per heavy atom. The number of aliphatic carboxylic acids is 1. The van der Waals surface area contributed by atoms with Gasteiger partial charge in [0.25, 0.3) is 0 Å². The summed E-state index contributed by atoms with van der Waals surface area (Å²) in [6.45, 7) is 21.3. The summed E-state index contributed by atoms with van der Waals surface area (Å²) in [5.41, 5.74) is -2.53. The van der Waals surface area contributed by atoms with E-state index in [-0.39, 0.29) is 87.0 Å². The molecule has 10 aliphatic rings. The maximum atomic E-state index is 17.8. The van der Waals surface area contributed by atoms with E-state index in [1.807, 2.05) is 66.7 Å². The van der Waals surface area contributed by atoms with Crippen LogP contribution in [-0.4, -0.2) is 224 Å². The van der Waals surface area contributed by atoms with Crippen LogP contribution < -0.4 is 32.3 Å². The number of benzene rings is 4. The molecule has 5 amide bonds. The molecule has 16 rings (SSSR count). The number of halogens is 4. The molecular formula is C106H128F4N10O23. The number of ether oxygens (including phenoxy) is 6. The number of imidazole rings is 2. The van der Waals surface area contributed by atoms with E-state index in [2.05, 4.69) is 46.5 Å². The largest absolute Gasteiger partial charge is 0.481 e. The highest BCUT2D eigenvalue weighted by molar-refractivity contribution is 6.03. The number of Topliss-reactive ketones (excluding diaryl/α,β-unsaturated/α-hetero) is 3. The number of H-pyrrole nitrogens is 2. The van der Waals surface area contributed by atoms with Gasteiger partial charge in [-0.2, -0.15) is 0 Å². The van der Waals surface area contributed by atoms with Crippen molar-refractivity contribution in [1.82, 2.24) is 35.9 Å². The van der Waals surface area contributed by atoms with Crippen molar-refractivity contribution in [3.05, 3.63) is 214 Å². The Labute approximate surface area is 825 Å². The summed E-state index contributed by atoms with van der Waals surface area (Å²) >= 11 is 0. The molecule has 143 heavy (non-hydrogen) atoms. The number of alkyl carbamates (subject to hydrolysis) is 1. The number of ketones is 5. The minimum absolute atomic E-state index is 0.00104. The number of fused-ring (bicyclic) bond motifs is 14. The average molecular weight is 1990 g/mol. The van der Waals surface area contributed by atoms with Crippen LogP contribution >= 0.6 is 0 Å². The zero-order valence-electron chi connectivity index (χ0n) is 82.4. The van der Waals surface area contributed by atoms with Gasteiger partial charge in [-0.25, -0.2) is 32.3 Å². The van der Waals surface area contributed by atoms with Crippen molar-refractivity contribution < 1.29 is 129 Å². The molecule has 0 bridgehead atoms. The summed E-state index contributed by atoms with van der Waals surface area (Å²) in [4.78, 5) is 165. The second kappa shape index (κ2) is 41.3. The number of hydrogen-bond donors (Lipinski definition) is 13. The molecule has 37 heteroatoms. The number of aromatic amines is 2. The molecule has 4 heterocycles. The number of rotatable bonds is 29. The van der Waals surface area contributed by atoms with Gasteiger partial charge in [0.2, 0.25) is 23.6 Å². The van der Waals surface area contributed by atoms with Crippen molar-refractivity contribution >= 4 is 82.0 Å². The number of allylic oxidation sites excluding steroid dienone is 8. The number of carboxylic acid groups (broad SMARTS) is 1. The first-order valence-electron chi connectivity index (χ1n) is 48.3. The van der Waals surface area contributed by atoms with Crippen molar-refractivity contribution in [2.24, 2.45) is 62.9 Å². The Hall–Kier alpha value is -11.9. The summed E-state index contributed by atoms with van der Waals surface area (Å²) in [5, 5.41) is 66.7. The first-order chi connectivity index (χ1) is 67.2. The molecule has 0 radical (unpaired) electrons. The minimum Gasteiger partial charge on any atom is -0.481 e. The number of amides is 5. The van der Waals surface area contributed by atoms with Gasteiger partial charge in [0.15, 0.2) is 64.0 Å². The highest BCUT2D eigenvalue weighted by Crippen LogP contribution is 2.75. The van der Waals surface area contributed by atoms with Gasteiger partial charge in [-0.3, -0.25) is 52.7 Å². The molecule has 26 atom stereocenters. The SMILES string of the molecule is CC(C)(C)OC(=O)C[C@@H](Cc1cnc[nH]1)C(=O)O.C[C@H](CC(=O)[C@H](C)NC(=O)[C@H](Cc1cnc[nH]1)NC(=O)OC(C)(C)C)C(=O)Nc1cccc(Cc2ccc([C@@H]3O[C@@H]4C[C@H]5[C@@H]6C[C@H](F)C7=CC(=O)C=C[C@]7(C)[C@@]6(F)[C@@H](O)C[C@]5(C)[C@]4(C(=O)CO)O3)cc2)c1.C[C@H](N)C(=O)N[C@@H](C)C(=O)Nc1cccc(Cc2ccc(C3O[C@@H]4C[C@H]5[C@@H]6C[C@H](F)C7=CC(=O)C=C[C@]7(C)[C@@]6(F)[C@@H](O)C[C@]5(C)[C@]4(C(=O)CO)O3)cc2)c1. The molecule has 2 aromatic heterocycles. The van der Waals surface area contributed by atoms with Gasteiger partial charge in [0.1, 0.15) is 48.8 Å². The fourth-order valence-electron chi connectivity index (χ4n) is 23.7. The average Bonchev–Trinajstić information content (AvgIpc) is 1.52. The summed E-state index contributed by atoms with van der Waals surface area (Å²) in [6.07, 6.45) is 2.33. The third-order valence-corrected chi connectivity index (χ3v) is 30.7. The second-order valence-electron chi connectivity index (χ2n) is 42.6. The Morgan fingerprint density at radius 3 is 1.39 bits per heavy atom. The number of nitrogens with zero attached hydrogens (tertiary/aromatic N) is 2. The number of carbonyl (C=O) groups is 12. The Morgan fingerprint density at radius 2 is 0.979 bits per heavy atom. The van der Waals surface area contributed by atoms with Crippen molar-refractivity contribution in [1.29, 1.82) is 0 Å². The van der Waals surface area contributed by atoms with E-state index >= 15 is 17.6 Å². The van der Waals surface area contributed by atoms with E-state index in [0.717, 1.165) is 34.4 Å². The highest BCUT2D eigenvalue weighted by Gasteiger charge is 2.82. The smallest absolute Gasteiger partial charge is 0.408 e. The molecule has 14 N–H and O–H groups in total. The number of aliphatic hydroxyl groups is 4. The lowest BCUT2D eigenvalue weighted by molar-refractivity contribution is -0.235. The molecule has 8 aliphatic carbocycles. The predicted molar refractivity (Wildman–Crippen MR) is 511 cm³/mol. The fourth-order valence-corrected chi connectivity index (χ4v) is 23.7. The van der Waals surface area contributed by atoms with Gasteiger partial charge >= 0.3 is 18.0 Å². The maximum absolute atomic E-state index is 17.8. The van der Waals surface area contributed by atoms with Gasteiger partial charge in [-0.1, -0.05) is 106 Å². The van der Waals surface area contributed by atoms with E-state index in [9.17, 15) is 78.0 Å². The van der Waals surface area contributed by atoms with Gasteiger partial charge < -0.3 is 96.2 Å². The molecule has 6 aromatic rings. The van der Waals surface area contributed by atoms with Crippen LogP contribution in [0, 0.1) is 57.2 Å². The molecule has 4 aromatic carbocycles. The lowest BCUT2D eigenvalue weighted by Gasteiger charge is -2.63. The molecule has 768 valence electrons. The first kappa shape index (κ1) is 107. The van der Waals surface area contributed by atoms with Crippen molar-refractivity contribution in [2.75, 3.05) is 23.8 Å². The van der Waals surface area contributed by atoms with Gasteiger partial charge in [-0.05, 0) is 221 Å². The number of carbonyl (C=O) groups excluding carboxylic acids is 11. The van der Waals surface area contributed by atoms with Crippen molar-refractivity contribution in [2.45, 2.75) is 281 Å². The topological polar surface area (TPSA) is 505 Å². The number of nitrogens with one attached hydrogen (secondary N) is 7. The van der Waals surface area contributed by atoms with E-state index in [0.29, 0.717) is 46.7 Å². The van der Waals surface area contributed by atoms with Gasteiger partial charge in [0.05, 0.1) is 61.5 Å². The van der Waals surface area contributed by atoms with Crippen molar-refractivity contribution in [3.8, 4) is 0 Å². The minimum atomic E-state index is -2.36. The summed E-state index contributed by atoms with van der Waals surface area (Å²) in [5.74, 6) is -10.9. The molecule has 8 fully saturated rings. The lowest BCUT2D eigenvalue weighted by atomic mass is 9.44. The molecular weight excluding hydrogens is 1860 g/mol. The van der Waals surface area contributed by atoms with Crippen LogP contribution in [0.2, 0.25) is 0 Å².